The highest BCUT2D eigenvalue weighted by molar-refractivity contribution is 7.99. The number of carbonyl (C=O) groups excluding carboxylic acids is 2. The van der Waals surface area contributed by atoms with E-state index in [1.54, 1.807) is 19.1 Å². The van der Waals surface area contributed by atoms with E-state index in [-0.39, 0.29) is 17.6 Å². The van der Waals surface area contributed by atoms with Gasteiger partial charge in [-0.1, -0.05) is 12.1 Å². The fourth-order valence-corrected chi connectivity index (χ4v) is 2.28. The molecule has 2 N–H and O–H groups in total. The summed E-state index contributed by atoms with van der Waals surface area (Å²) in [5.41, 5.74) is 6.08. The van der Waals surface area contributed by atoms with E-state index in [1.165, 1.54) is 11.8 Å². The molecule has 1 aromatic carbocycles. The number of hydrogen-bond donors (Lipinski definition) is 1. The van der Waals surface area contributed by atoms with Crippen molar-refractivity contribution in [2.24, 2.45) is 5.73 Å². The Balaban J connectivity index is 2.34. The SMILES string of the molecule is COc1ccc(CN(C)C(=O)CCSCC(N)=O)cc1. The summed E-state index contributed by atoms with van der Waals surface area (Å²) in [6.45, 7) is 0.559. The highest BCUT2D eigenvalue weighted by atomic mass is 32.2. The third-order valence-electron chi connectivity index (χ3n) is 2.71. The lowest BCUT2D eigenvalue weighted by molar-refractivity contribution is -0.130. The van der Waals surface area contributed by atoms with Gasteiger partial charge in [0, 0.05) is 25.8 Å². The van der Waals surface area contributed by atoms with Gasteiger partial charge < -0.3 is 15.4 Å². The molecule has 0 aliphatic rings. The average Bonchev–Trinajstić information content (AvgIpc) is 2.44. The van der Waals surface area contributed by atoms with E-state index in [0.29, 0.717) is 18.7 Å². The van der Waals surface area contributed by atoms with E-state index in [0.717, 1.165) is 11.3 Å². The lowest BCUT2D eigenvalue weighted by Crippen LogP contribution is -2.26. The Hall–Kier alpha value is -1.69. The van der Waals surface area contributed by atoms with Gasteiger partial charge in [0.15, 0.2) is 0 Å². The second-order valence-corrected chi connectivity index (χ2v) is 5.47. The van der Waals surface area contributed by atoms with Crippen molar-refractivity contribution in [2.45, 2.75) is 13.0 Å². The zero-order chi connectivity index (χ0) is 15.0. The number of nitrogens with two attached hydrogens (primary N) is 1. The summed E-state index contributed by atoms with van der Waals surface area (Å²) in [6, 6.07) is 7.61. The third-order valence-corrected chi connectivity index (χ3v) is 3.69. The van der Waals surface area contributed by atoms with Crippen molar-refractivity contribution in [3.63, 3.8) is 0 Å². The molecule has 0 aromatic heterocycles. The third kappa shape index (κ3) is 5.97. The van der Waals surface area contributed by atoms with Crippen LogP contribution in [0.1, 0.15) is 12.0 Å². The molecular weight excluding hydrogens is 276 g/mol. The first kappa shape index (κ1) is 16.4. The molecule has 0 unspecified atom stereocenters. The minimum absolute atomic E-state index is 0.0535. The standard InChI is InChI=1S/C14H20N2O3S/c1-16(14(18)7-8-20-10-13(15)17)9-11-3-5-12(19-2)6-4-11/h3-6H,7-10H2,1-2H3,(H2,15,17). The van der Waals surface area contributed by atoms with E-state index < -0.39 is 0 Å². The minimum Gasteiger partial charge on any atom is -0.497 e. The summed E-state index contributed by atoms with van der Waals surface area (Å²) in [6.07, 6.45) is 0.407. The van der Waals surface area contributed by atoms with Gasteiger partial charge in [-0.2, -0.15) is 11.8 Å². The number of ether oxygens (including phenoxy) is 1. The molecule has 0 saturated heterocycles. The van der Waals surface area contributed by atoms with Crippen LogP contribution < -0.4 is 10.5 Å². The first-order valence-corrected chi connectivity index (χ1v) is 7.41. The maximum Gasteiger partial charge on any atom is 0.227 e. The van der Waals surface area contributed by atoms with Crippen molar-refractivity contribution in [1.82, 2.24) is 4.90 Å². The quantitative estimate of drug-likeness (QED) is 0.733. The Kier molecular flexibility index (Phi) is 6.93. The maximum atomic E-state index is 11.9. The summed E-state index contributed by atoms with van der Waals surface area (Å²) in [5.74, 6) is 1.36. The van der Waals surface area contributed by atoms with Gasteiger partial charge in [-0.05, 0) is 17.7 Å². The minimum atomic E-state index is -0.353. The first-order chi connectivity index (χ1) is 9.52. The van der Waals surface area contributed by atoms with Crippen molar-refractivity contribution in [1.29, 1.82) is 0 Å². The summed E-state index contributed by atoms with van der Waals surface area (Å²) >= 11 is 1.38. The monoisotopic (exact) mass is 296 g/mol. The van der Waals surface area contributed by atoms with Crippen LogP contribution in [0.15, 0.2) is 24.3 Å². The van der Waals surface area contributed by atoms with Gasteiger partial charge in [0.1, 0.15) is 5.75 Å². The number of carbonyl (C=O) groups is 2. The second kappa shape index (κ2) is 8.47. The van der Waals surface area contributed by atoms with Crippen molar-refractivity contribution < 1.29 is 14.3 Å². The van der Waals surface area contributed by atoms with Crippen LogP contribution in [0.3, 0.4) is 0 Å². The van der Waals surface area contributed by atoms with Gasteiger partial charge in [-0.3, -0.25) is 9.59 Å². The average molecular weight is 296 g/mol. The van der Waals surface area contributed by atoms with E-state index in [1.807, 2.05) is 24.3 Å². The Morgan fingerprint density at radius 3 is 2.50 bits per heavy atom. The number of benzene rings is 1. The molecule has 2 amide bonds. The van der Waals surface area contributed by atoms with Crippen LogP contribution in [0.25, 0.3) is 0 Å². The Morgan fingerprint density at radius 1 is 1.30 bits per heavy atom. The molecular formula is C14H20N2O3S. The van der Waals surface area contributed by atoms with Crippen LogP contribution in [-0.2, 0) is 16.1 Å². The van der Waals surface area contributed by atoms with Crippen LogP contribution >= 0.6 is 11.8 Å². The summed E-state index contributed by atoms with van der Waals surface area (Å²) in [7, 11) is 3.39. The highest BCUT2D eigenvalue weighted by Crippen LogP contribution is 2.13. The number of rotatable bonds is 8. The van der Waals surface area contributed by atoms with Gasteiger partial charge in [-0.25, -0.2) is 0 Å². The van der Waals surface area contributed by atoms with Crippen LogP contribution in [-0.4, -0.2) is 42.4 Å². The molecule has 0 radical (unpaired) electrons. The molecule has 0 spiro atoms. The summed E-state index contributed by atoms with van der Waals surface area (Å²) in [4.78, 5) is 24.1. The number of methoxy groups -OCH3 is 1. The fourth-order valence-electron chi connectivity index (χ4n) is 1.62. The Bertz CT molecular complexity index is 448. The zero-order valence-electron chi connectivity index (χ0n) is 11.8. The van der Waals surface area contributed by atoms with Crippen molar-refractivity contribution in [3.05, 3.63) is 29.8 Å². The lowest BCUT2D eigenvalue weighted by Gasteiger charge is -2.17. The predicted octanol–water partition coefficient (Wildman–Crippen LogP) is 1.26. The predicted molar refractivity (Wildman–Crippen MR) is 80.6 cm³/mol. The molecule has 20 heavy (non-hydrogen) atoms. The van der Waals surface area contributed by atoms with Crippen molar-refractivity contribution in [3.8, 4) is 5.75 Å². The lowest BCUT2D eigenvalue weighted by atomic mass is 10.2. The van der Waals surface area contributed by atoms with Crippen LogP contribution in [0.5, 0.6) is 5.75 Å². The molecule has 0 heterocycles. The molecule has 6 heteroatoms. The topological polar surface area (TPSA) is 72.6 Å². The Labute approximate surface area is 123 Å². The van der Waals surface area contributed by atoms with E-state index in [4.69, 9.17) is 10.5 Å². The normalized spacial score (nSPS) is 10.1. The van der Waals surface area contributed by atoms with Crippen LogP contribution in [0.2, 0.25) is 0 Å². The van der Waals surface area contributed by atoms with Gasteiger partial charge in [0.2, 0.25) is 11.8 Å². The molecule has 110 valence electrons. The zero-order valence-corrected chi connectivity index (χ0v) is 12.6. The maximum absolute atomic E-state index is 11.9. The molecule has 0 atom stereocenters. The molecule has 1 rings (SSSR count). The van der Waals surface area contributed by atoms with Crippen LogP contribution in [0.4, 0.5) is 0 Å². The summed E-state index contributed by atoms with van der Waals surface area (Å²) < 4.78 is 5.09. The van der Waals surface area contributed by atoms with Crippen LogP contribution in [0, 0.1) is 0 Å². The molecule has 0 bridgehead atoms. The van der Waals surface area contributed by atoms with E-state index >= 15 is 0 Å². The molecule has 5 nitrogen and oxygen atoms in total. The molecule has 0 fully saturated rings. The molecule has 0 aliphatic heterocycles. The molecule has 0 saturated carbocycles. The van der Waals surface area contributed by atoms with Gasteiger partial charge in [0.05, 0.1) is 12.9 Å². The molecule has 1 aromatic rings. The number of hydrogen-bond acceptors (Lipinski definition) is 4. The van der Waals surface area contributed by atoms with Gasteiger partial charge >= 0.3 is 0 Å². The van der Waals surface area contributed by atoms with E-state index in [2.05, 4.69) is 0 Å². The number of nitrogens with zero attached hydrogens (tertiary/aromatic N) is 1. The van der Waals surface area contributed by atoms with Crippen molar-refractivity contribution >= 4 is 23.6 Å². The van der Waals surface area contributed by atoms with Gasteiger partial charge in [0.25, 0.3) is 0 Å². The number of amides is 2. The first-order valence-electron chi connectivity index (χ1n) is 6.26. The Morgan fingerprint density at radius 2 is 1.95 bits per heavy atom. The van der Waals surface area contributed by atoms with E-state index in [9.17, 15) is 9.59 Å². The van der Waals surface area contributed by atoms with Gasteiger partial charge in [-0.15, -0.1) is 0 Å². The summed E-state index contributed by atoms with van der Waals surface area (Å²) in [5, 5.41) is 0. The fraction of sp³-hybridized carbons (Fsp3) is 0.429. The molecule has 0 aliphatic carbocycles. The number of thioether (sulfide) groups is 1. The largest absolute Gasteiger partial charge is 0.497 e. The highest BCUT2D eigenvalue weighted by Gasteiger charge is 2.09. The number of primary amides is 1. The second-order valence-electron chi connectivity index (χ2n) is 4.37. The van der Waals surface area contributed by atoms with Crippen molar-refractivity contribution in [2.75, 3.05) is 25.7 Å². The smallest absolute Gasteiger partial charge is 0.227 e.